The minimum atomic E-state index is 0.186. The van der Waals surface area contributed by atoms with E-state index in [1.807, 2.05) is 12.1 Å². The molecule has 1 fully saturated rings. The summed E-state index contributed by atoms with van der Waals surface area (Å²) in [6, 6.07) is 6.55. The monoisotopic (exact) mass is 275 g/mol. The van der Waals surface area contributed by atoms with Crippen LogP contribution in [0.15, 0.2) is 18.3 Å². The van der Waals surface area contributed by atoms with Crippen molar-refractivity contribution in [2.45, 2.75) is 31.7 Å². The van der Waals surface area contributed by atoms with Crippen LogP contribution in [0.4, 0.5) is 5.69 Å². The van der Waals surface area contributed by atoms with Crippen molar-refractivity contribution in [2.24, 2.45) is 5.92 Å². The van der Waals surface area contributed by atoms with Crippen molar-refractivity contribution in [1.82, 2.24) is 4.98 Å². The minimum absolute atomic E-state index is 0.186. The molecule has 5 nitrogen and oxygen atoms in total. The highest BCUT2D eigenvalue weighted by atomic mass is 16.5. The fraction of sp³-hybridized carbons (Fsp3) is 0.600. The molecule has 2 unspecified atom stereocenters. The van der Waals surface area contributed by atoms with Crippen molar-refractivity contribution in [3.8, 4) is 11.9 Å². The predicted octanol–water partition coefficient (Wildman–Crippen LogP) is 2.60. The number of nitrogens with zero attached hydrogens (tertiary/aromatic N) is 2. The number of aromatic nitrogens is 1. The Balaban J connectivity index is 1.82. The molecular formula is C15H21N3O2. The molecule has 0 radical (unpaired) electrons. The van der Waals surface area contributed by atoms with E-state index in [4.69, 9.17) is 14.7 Å². The van der Waals surface area contributed by atoms with Crippen LogP contribution < -0.4 is 10.1 Å². The van der Waals surface area contributed by atoms with Crippen LogP contribution in [-0.4, -0.2) is 31.3 Å². The maximum absolute atomic E-state index is 9.00. The van der Waals surface area contributed by atoms with Crippen LogP contribution >= 0.6 is 0 Å². The van der Waals surface area contributed by atoms with Crippen LogP contribution in [0.5, 0.6) is 5.88 Å². The molecule has 0 bridgehead atoms. The first kappa shape index (κ1) is 14.6. The highest BCUT2D eigenvalue weighted by molar-refractivity contribution is 5.43. The Morgan fingerprint density at radius 2 is 2.30 bits per heavy atom. The molecular weight excluding hydrogens is 254 g/mol. The van der Waals surface area contributed by atoms with E-state index >= 15 is 0 Å². The van der Waals surface area contributed by atoms with Crippen molar-refractivity contribution >= 4 is 5.69 Å². The van der Waals surface area contributed by atoms with Gasteiger partial charge in [-0.3, -0.25) is 0 Å². The van der Waals surface area contributed by atoms with Gasteiger partial charge in [0.05, 0.1) is 24.6 Å². The van der Waals surface area contributed by atoms with Crippen molar-refractivity contribution in [3.05, 3.63) is 18.3 Å². The van der Waals surface area contributed by atoms with Crippen molar-refractivity contribution in [3.63, 3.8) is 0 Å². The fourth-order valence-corrected chi connectivity index (χ4v) is 2.45. The van der Waals surface area contributed by atoms with Gasteiger partial charge in [-0.05, 0) is 25.3 Å². The van der Waals surface area contributed by atoms with Crippen molar-refractivity contribution in [1.29, 1.82) is 5.26 Å². The Kier molecular flexibility index (Phi) is 5.63. The second-order valence-corrected chi connectivity index (χ2v) is 5.06. The van der Waals surface area contributed by atoms with Crippen LogP contribution in [0, 0.1) is 17.2 Å². The van der Waals surface area contributed by atoms with Gasteiger partial charge in [-0.1, -0.05) is 6.42 Å². The number of hydrogen-bond acceptors (Lipinski definition) is 5. The lowest BCUT2D eigenvalue weighted by Gasteiger charge is -2.26. The molecule has 1 aliphatic carbocycles. The molecule has 1 aromatic heterocycles. The predicted molar refractivity (Wildman–Crippen MR) is 76.6 cm³/mol. The smallest absolute Gasteiger partial charge is 0.213 e. The number of ether oxygens (including phenoxy) is 2. The highest BCUT2D eigenvalue weighted by Crippen LogP contribution is 2.26. The van der Waals surface area contributed by atoms with Crippen molar-refractivity contribution < 1.29 is 9.47 Å². The third-order valence-corrected chi connectivity index (χ3v) is 3.50. The van der Waals surface area contributed by atoms with E-state index in [2.05, 4.69) is 16.4 Å². The largest absolute Gasteiger partial charge is 0.475 e. The summed E-state index contributed by atoms with van der Waals surface area (Å²) < 4.78 is 10.3. The molecule has 1 N–H and O–H groups in total. The fourth-order valence-electron chi connectivity index (χ4n) is 2.45. The van der Waals surface area contributed by atoms with E-state index in [-0.39, 0.29) is 5.92 Å². The van der Waals surface area contributed by atoms with Gasteiger partial charge in [0.15, 0.2) is 0 Å². The van der Waals surface area contributed by atoms with Gasteiger partial charge in [0, 0.05) is 25.1 Å². The summed E-state index contributed by atoms with van der Waals surface area (Å²) in [5.41, 5.74) is 0.979. The lowest BCUT2D eigenvalue weighted by atomic mass is 9.86. The van der Waals surface area contributed by atoms with Crippen molar-refractivity contribution in [2.75, 3.05) is 25.6 Å². The summed E-state index contributed by atoms with van der Waals surface area (Å²) in [6.07, 6.45) is 5.95. The molecule has 1 aromatic rings. The highest BCUT2D eigenvalue weighted by Gasteiger charge is 2.21. The van der Waals surface area contributed by atoms with Crippen LogP contribution in [-0.2, 0) is 4.74 Å². The summed E-state index contributed by atoms with van der Waals surface area (Å²) in [6.45, 7) is 1.06. The zero-order chi connectivity index (χ0) is 14.2. The summed E-state index contributed by atoms with van der Waals surface area (Å²) >= 11 is 0. The number of anilines is 1. The quantitative estimate of drug-likeness (QED) is 0.808. The minimum Gasteiger partial charge on any atom is -0.475 e. The summed E-state index contributed by atoms with van der Waals surface area (Å²) in [5.74, 6) is 0.789. The van der Waals surface area contributed by atoms with E-state index in [1.54, 1.807) is 13.3 Å². The second-order valence-electron chi connectivity index (χ2n) is 5.06. The molecule has 0 saturated heterocycles. The number of rotatable bonds is 6. The van der Waals surface area contributed by atoms with Gasteiger partial charge in [-0.15, -0.1) is 0 Å². The van der Waals surface area contributed by atoms with E-state index in [9.17, 15) is 0 Å². The van der Waals surface area contributed by atoms with E-state index in [0.717, 1.165) is 31.4 Å². The Labute approximate surface area is 119 Å². The second kappa shape index (κ2) is 7.71. The third kappa shape index (κ3) is 4.39. The third-order valence-electron chi connectivity index (χ3n) is 3.50. The van der Waals surface area contributed by atoms with Crippen LogP contribution in [0.1, 0.15) is 25.7 Å². The number of pyridine rings is 1. The normalized spacial score (nSPS) is 22.0. The number of nitrogens with one attached hydrogen (secondary N) is 1. The average Bonchev–Trinajstić information content (AvgIpc) is 2.49. The van der Waals surface area contributed by atoms with E-state index in [0.29, 0.717) is 25.1 Å². The molecule has 20 heavy (non-hydrogen) atoms. The van der Waals surface area contributed by atoms with Gasteiger partial charge in [-0.2, -0.15) is 5.26 Å². The molecule has 1 aliphatic rings. The molecule has 0 aromatic carbocycles. The maximum Gasteiger partial charge on any atom is 0.213 e. The van der Waals surface area contributed by atoms with Crippen LogP contribution in [0.3, 0.4) is 0 Å². The van der Waals surface area contributed by atoms with Gasteiger partial charge < -0.3 is 14.8 Å². The van der Waals surface area contributed by atoms with E-state index < -0.39 is 0 Å². The first-order chi connectivity index (χ1) is 9.81. The Morgan fingerprint density at radius 1 is 1.40 bits per heavy atom. The lowest BCUT2D eigenvalue weighted by Crippen LogP contribution is -2.26. The molecule has 2 atom stereocenters. The first-order valence-corrected chi connectivity index (χ1v) is 7.05. The SMILES string of the molecule is COCCOc1ccc(NC2CCCC(C#N)C2)cn1. The number of methoxy groups -OCH3 is 1. The molecule has 1 saturated carbocycles. The zero-order valence-corrected chi connectivity index (χ0v) is 11.8. The molecule has 108 valence electrons. The topological polar surface area (TPSA) is 67.2 Å². The first-order valence-electron chi connectivity index (χ1n) is 7.05. The van der Waals surface area contributed by atoms with Gasteiger partial charge in [0.1, 0.15) is 6.61 Å². The van der Waals surface area contributed by atoms with Gasteiger partial charge in [0.2, 0.25) is 5.88 Å². The number of nitriles is 1. The maximum atomic E-state index is 9.00. The Morgan fingerprint density at radius 3 is 3.00 bits per heavy atom. The summed E-state index contributed by atoms with van der Waals surface area (Å²) in [5, 5.41) is 12.4. The molecule has 0 aliphatic heterocycles. The van der Waals surface area contributed by atoms with Gasteiger partial charge >= 0.3 is 0 Å². The molecule has 0 amide bonds. The summed E-state index contributed by atoms with van der Waals surface area (Å²) in [7, 11) is 1.64. The molecule has 1 heterocycles. The van der Waals surface area contributed by atoms with Crippen LogP contribution in [0.25, 0.3) is 0 Å². The zero-order valence-electron chi connectivity index (χ0n) is 11.8. The Hall–Kier alpha value is -1.80. The van der Waals surface area contributed by atoms with Gasteiger partial charge in [0.25, 0.3) is 0 Å². The van der Waals surface area contributed by atoms with Gasteiger partial charge in [-0.25, -0.2) is 4.98 Å². The molecule has 5 heteroatoms. The summed E-state index contributed by atoms with van der Waals surface area (Å²) in [4.78, 5) is 4.25. The lowest BCUT2D eigenvalue weighted by molar-refractivity contribution is 0.144. The molecule has 2 rings (SSSR count). The number of hydrogen-bond donors (Lipinski definition) is 1. The average molecular weight is 275 g/mol. The standard InChI is InChI=1S/C15H21N3O2/c1-19-7-8-20-15-6-5-14(11-17-15)18-13-4-2-3-12(9-13)10-16/h5-6,11-13,18H,2-4,7-9H2,1H3. The van der Waals surface area contributed by atoms with Crippen LogP contribution in [0.2, 0.25) is 0 Å². The Bertz CT molecular complexity index is 441. The molecule has 0 spiro atoms. The van der Waals surface area contributed by atoms with E-state index in [1.165, 1.54) is 0 Å².